The highest BCUT2D eigenvalue weighted by atomic mass is 19.4. The van der Waals surface area contributed by atoms with Gasteiger partial charge < -0.3 is 16.2 Å². The van der Waals surface area contributed by atoms with Crippen LogP contribution in [-0.2, 0) is 4.79 Å². The first kappa shape index (κ1) is 16.2. The van der Waals surface area contributed by atoms with Crippen molar-refractivity contribution in [2.45, 2.75) is 44.3 Å². The van der Waals surface area contributed by atoms with Crippen LogP contribution in [-0.4, -0.2) is 36.6 Å². The van der Waals surface area contributed by atoms with Crippen LogP contribution in [0.5, 0.6) is 0 Å². The summed E-state index contributed by atoms with van der Waals surface area (Å²) in [5.74, 6) is -0.623. The number of halogens is 3. The maximum Gasteiger partial charge on any atom is 0.428 e. The molecule has 1 saturated carbocycles. The van der Waals surface area contributed by atoms with Crippen molar-refractivity contribution < 1.29 is 23.1 Å². The number of amides is 1. The van der Waals surface area contributed by atoms with E-state index >= 15 is 0 Å². The molecule has 1 aliphatic carbocycles. The first-order chi connectivity index (χ1) is 8.75. The minimum absolute atomic E-state index is 0.0717. The molecule has 0 aromatic heterocycles. The minimum Gasteiger partial charge on any atom is -0.370 e. The normalized spacial score (nSPS) is 27.8. The third kappa shape index (κ3) is 4.63. The molecule has 2 atom stereocenters. The van der Waals surface area contributed by atoms with Crippen LogP contribution in [0.25, 0.3) is 0 Å². The maximum atomic E-state index is 12.3. The number of primary amides is 1. The number of aliphatic hydroxyl groups is 1. The van der Waals surface area contributed by atoms with E-state index in [1.54, 1.807) is 0 Å². The van der Waals surface area contributed by atoms with Crippen LogP contribution in [0.4, 0.5) is 13.2 Å². The van der Waals surface area contributed by atoms with Crippen molar-refractivity contribution in [1.82, 2.24) is 10.6 Å². The first-order valence-corrected chi connectivity index (χ1v) is 6.23. The van der Waals surface area contributed by atoms with Gasteiger partial charge in [0.2, 0.25) is 12.1 Å². The van der Waals surface area contributed by atoms with Crippen LogP contribution < -0.4 is 16.4 Å². The van der Waals surface area contributed by atoms with Gasteiger partial charge in [-0.15, -0.1) is 0 Å². The second-order valence-electron chi connectivity index (χ2n) is 4.89. The lowest BCUT2D eigenvalue weighted by molar-refractivity contribution is -0.217. The van der Waals surface area contributed by atoms with Gasteiger partial charge in [0.05, 0.1) is 6.17 Å². The van der Waals surface area contributed by atoms with Crippen LogP contribution in [0.1, 0.15) is 25.7 Å². The van der Waals surface area contributed by atoms with Gasteiger partial charge >= 0.3 is 6.18 Å². The number of carbonyl (C=O) groups excluding carboxylic acids is 1. The summed E-state index contributed by atoms with van der Waals surface area (Å²) >= 11 is 0. The number of hydrogen-bond acceptors (Lipinski definition) is 4. The van der Waals surface area contributed by atoms with Gasteiger partial charge in [-0.05, 0) is 38.6 Å². The topological polar surface area (TPSA) is 87.4 Å². The van der Waals surface area contributed by atoms with Gasteiger partial charge in [0.25, 0.3) is 0 Å². The Morgan fingerprint density at radius 2 is 1.84 bits per heavy atom. The molecule has 0 heterocycles. The van der Waals surface area contributed by atoms with Gasteiger partial charge in [-0.25, -0.2) is 0 Å². The Bertz CT molecular complexity index is 304. The molecule has 1 aliphatic rings. The number of carbonyl (C=O) groups is 1. The van der Waals surface area contributed by atoms with Crippen LogP contribution in [0, 0.1) is 11.8 Å². The highest BCUT2D eigenvalue weighted by molar-refractivity contribution is 5.76. The Balaban J connectivity index is 2.51. The number of hydrogen-bond donors (Lipinski definition) is 4. The van der Waals surface area contributed by atoms with E-state index in [1.807, 2.05) is 0 Å². The summed E-state index contributed by atoms with van der Waals surface area (Å²) in [6.07, 6.45) is -5.57. The van der Waals surface area contributed by atoms with E-state index < -0.39 is 18.6 Å². The summed E-state index contributed by atoms with van der Waals surface area (Å²) in [6, 6.07) is 0. The second-order valence-corrected chi connectivity index (χ2v) is 4.89. The molecule has 0 aromatic carbocycles. The van der Waals surface area contributed by atoms with Gasteiger partial charge in [-0.2, -0.15) is 13.2 Å². The van der Waals surface area contributed by atoms with Crippen molar-refractivity contribution in [2.75, 3.05) is 7.05 Å². The predicted molar refractivity (Wildman–Crippen MR) is 62.7 cm³/mol. The Labute approximate surface area is 109 Å². The second kappa shape index (κ2) is 6.53. The van der Waals surface area contributed by atoms with Gasteiger partial charge in [-0.3, -0.25) is 10.1 Å². The number of aliphatic hydroxyl groups excluding tert-OH is 1. The Morgan fingerprint density at radius 3 is 2.21 bits per heavy atom. The van der Waals surface area contributed by atoms with E-state index in [4.69, 9.17) is 10.8 Å². The van der Waals surface area contributed by atoms with Crippen LogP contribution in [0.3, 0.4) is 0 Å². The van der Waals surface area contributed by atoms with Crippen molar-refractivity contribution in [3.63, 3.8) is 0 Å². The average Bonchev–Trinajstić information content (AvgIpc) is 2.34. The Kier molecular flexibility index (Phi) is 5.57. The molecular formula is C11H20F3N3O2. The maximum absolute atomic E-state index is 12.3. The summed E-state index contributed by atoms with van der Waals surface area (Å²) in [6.45, 7) is 0. The van der Waals surface area contributed by atoms with Crippen molar-refractivity contribution in [3.8, 4) is 0 Å². The standard InChI is InChI=1S/C11H20F3N3O2/c1-16-9(17-10(19)11(12,13)14)7-4-2-6(3-5-7)8(15)18/h6-7,9-10,16-17,19H,2-5H2,1H3,(H2,15,18). The van der Waals surface area contributed by atoms with E-state index in [9.17, 15) is 18.0 Å². The lowest BCUT2D eigenvalue weighted by Gasteiger charge is -2.34. The fraction of sp³-hybridized carbons (Fsp3) is 0.909. The Hall–Kier alpha value is -0.860. The molecule has 1 rings (SSSR count). The molecular weight excluding hydrogens is 263 g/mol. The molecule has 8 heteroatoms. The highest BCUT2D eigenvalue weighted by Gasteiger charge is 2.40. The fourth-order valence-electron chi connectivity index (χ4n) is 2.46. The highest BCUT2D eigenvalue weighted by Crippen LogP contribution is 2.30. The molecule has 5 nitrogen and oxygen atoms in total. The summed E-state index contributed by atoms with van der Waals surface area (Å²) in [5, 5.41) is 13.9. The molecule has 0 aliphatic heterocycles. The average molecular weight is 283 g/mol. The van der Waals surface area contributed by atoms with Gasteiger partial charge in [0.15, 0.2) is 0 Å². The fourth-order valence-corrected chi connectivity index (χ4v) is 2.46. The molecule has 0 bridgehead atoms. The summed E-state index contributed by atoms with van der Waals surface area (Å²) in [4.78, 5) is 11.0. The van der Waals surface area contributed by atoms with Crippen molar-refractivity contribution in [2.24, 2.45) is 17.6 Å². The zero-order valence-corrected chi connectivity index (χ0v) is 10.7. The lowest BCUT2D eigenvalue weighted by Crippen LogP contribution is -2.55. The zero-order chi connectivity index (χ0) is 14.6. The molecule has 1 fully saturated rings. The molecule has 2 unspecified atom stereocenters. The van der Waals surface area contributed by atoms with E-state index in [0.29, 0.717) is 25.7 Å². The third-order valence-electron chi connectivity index (χ3n) is 3.60. The van der Waals surface area contributed by atoms with Crippen LogP contribution in [0.2, 0.25) is 0 Å². The quantitative estimate of drug-likeness (QED) is 0.546. The number of nitrogens with two attached hydrogens (primary N) is 1. The molecule has 0 saturated heterocycles. The SMILES string of the molecule is CNC(NC(O)C(F)(F)F)C1CCC(C(N)=O)CC1. The molecule has 112 valence electrons. The predicted octanol–water partition coefficient (Wildman–Crippen LogP) is 0.294. The zero-order valence-electron chi connectivity index (χ0n) is 10.7. The van der Waals surface area contributed by atoms with Gasteiger partial charge in [0, 0.05) is 5.92 Å². The van der Waals surface area contributed by atoms with Crippen LogP contribution >= 0.6 is 0 Å². The van der Waals surface area contributed by atoms with Crippen molar-refractivity contribution in [1.29, 1.82) is 0 Å². The van der Waals surface area contributed by atoms with Crippen molar-refractivity contribution in [3.05, 3.63) is 0 Å². The lowest BCUT2D eigenvalue weighted by atomic mass is 9.80. The number of rotatable bonds is 5. The van der Waals surface area contributed by atoms with Gasteiger partial charge in [0.1, 0.15) is 0 Å². The van der Waals surface area contributed by atoms with Crippen LogP contribution in [0.15, 0.2) is 0 Å². The van der Waals surface area contributed by atoms with E-state index in [2.05, 4.69) is 10.6 Å². The first-order valence-electron chi connectivity index (χ1n) is 6.23. The third-order valence-corrected chi connectivity index (χ3v) is 3.60. The summed E-state index contributed by atoms with van der Waals surface area (Å²) in [5.41, 5.74) is 5.20. The molecule has 19 heavy (non-hydrogen) atoms. The smallest absolute Gasteiger partial charge is 0.370 e. The minimum atomic E-state index is -4.69. The molecule has 1 amide bonds. The summed E-state index contributed by atoms with van der Waals surface area (Å²) < 4.78 is 36.8. The van der Waals surface area contributed by atoms with Gasteiger partial charge in [-0.1, -0.05) is 0 Å². The molecule has 0 aromatic rings. The number of nitrogens with one attached hydrogen (secondary N) is 2. The molecule has 5 N–H and O–H groups in total. The van der Waals surface area contributed by atoms with Crippen molar-refractivity contribution >= 4 is 5.91 Å². The van der Waals surface area contributed by atoms with E-state index in [0.717, 1.165) is 0 Å². The summed E-state index contributed by atoms with van der Waals surface area (Å²) in [7, 11) is 1.53. The number of alkyl halides is 3. The molecule has 0 spiro atoms. The monoisotopic (exact) mass is 283 g/mol. The van der Waals surface area contributed by atoms with E-state index in [1.165, 1.54) is 7.05 Å². The Morgan fingerprint density at radius 1 is 1.32 bits per heavy atom. The molecule has 0 radical (unpaired) electrons. The largest absolute Gasteiger partial charge is 0.428 e. The van der Waals surface area contributed by atoms with E-state index in [-0.39, 0.29) is 17.7 Å².